The van der Waals surface area contributed by atoms with E-state index in [0.29, 0.717) is 12.8 Å². The van der Waals surface area contributed by atoms with Gasteiger partial charge < -0.3 is 0 Å². The largest absolute Gasteiger partial charge is 0.345 e. The molecule has 0 saturated carbocycles. The minimum atomic E-state index is -0.888. The third-order valence-corrected chi connectivity index (χ3v) is 2.72. The van der Waals surface area contributed by atoms with Crippen molar-refractivity contribution in [2.75, 3.05) is 0 Å². The number of hydrogen-bond donors (Lipinski definition) is 0. The molecule has 0 atom stereocenters. The van der Waals surface area contributed by atoms with Crippen molar-refractivity contribution >= 4 is 5.97 Å². The smallest absolute Gasteiger partial charge is 0.269 e. The van der Waals surface area contributed by atoms with Crippen LogP contribution in [-0.4, -0.2) is 28.6 Å². The summed E-state index contributed by atoms with van der Waals surface area (Å²) < 4.78 is 0. The van der Waals surface area contributed by atoms with Gasteiger partial charge in [0, 0.05) is 12.8 Å². The summed E-state index contributed by atoms with van der Waals surface area (Å²) in [6, 6.07) is 0. The van der Waals surface area contributed by atoms with Gasteiger partial charge >= 0.3 is 5.97 Å². The minimum absolute atomic E-state index is 0.365. The normalized spacial score (nSPS) is 13.0. The number of unbranched alkanes of at least 4 members (excludes halogenated alkanes) is 1. The summed E-state index contributed by atoms with van der Waals surface area (Å²) >= 11 is 0. The Morgan fingerprint density at radius 3 is 1.38 bits per heavy atom. The molecule has 29 heavy (non-hydrogen) atoms. The summed E-state index contributed by atoms with van der Waals surface area (Å²) in [5, 5.41) is 4.31. The molecule has 0 N–H and O–H groups in total. The molecule has 0 bridgehead atoms. The molecule has 0 aliphatic rings. The van der Waals surface area contributed by atoms with Gasteiger partial charge in [-0.3, -0.25) is 4.89 Å². The van der Waals surface area contributed by atoms with Crippen LogP contribution in [0.5, 0.6) is 0 Å². The topological polar surface area (TPSA) is 81.7 Å². The van der Waals surface area contributed by atoms with E-state index in [1.807, 2.05) is 55.4 Å². The zero-order chi connectivity index (χ0) is 23.4. The van der Waals surface area contributed by atoms with Crippen LogP contribution < -0.4 is 0 Å². The molecular formula is C21H44O8. The Balaban J connectivity index is 0. The fourth-order valence-corrected chi connectivity index (χ4v) is 1.08. The van der Waals surface area contributed by atoms with Crippen molar-refractivity contribution < 1.29 is 39.2 Å². The minimum Gasteiger partial charge on any atom is -0.269 e. The van der Waals surface area contributed by atoms with Crippen LogP contribution in [-0.2, 0) is 39.2 Å². The van der Waals surface area contributed by atoms with Crippen LogP contribution in [0.25, 0.3) is 0 Å². The lowest BCUT2D eigenvalue weighted by molar-refractivity contribution is -0.536. The van der Waals surface area contributed by atoms with E-state index in [9.17, 15) is 4.79 Å². The molecule has 0 aromatic heterocycles. The third-order valence-electron chi connectivity index (χ3n) is 2.72. The lowest BCUT2D eigenvalue weighted by Crippen LogP contribution is -2.38. The van der Waals surface area contributed by atoms with Crippen LogP contribution in [0.4, 0.5) is 0 Å². The molecule has 0 amide bonds. The molecule has 0 spiro atoms. The van der Waals surface area contributed by atoms with Crippen molar-refractivity contribution in [1.82, 2.24) is 0 Å². The first-order chi connectivity index (χ1) is 12.9. The Morgan fingerprint density at radius 2 is 1.07 bits per heavy atom. The molecule has 8 heteroatoms. The lowest BCUT2D eigenvalue weighted by atomic mass is 10.2. The van der Waals surface area contributed by atoms with E-state index in [4.69, 9.17) is 24.4 Å². The molecule has 8 nitrogen and oxygen atoms in total. The van der Waals surface area contributed by atoms with Gasteiger partial charge in [0.25, 0.3) is 0 Å². The molecule has 0 heterocycles. The number of rotatable bonds is 10. The second-order valence-electron chi connectivity index (χ2n) is 9.87. The van der Waals surface area contributed by atoms with Gasteiger partial charge in [0.1, 0.15) is 0 Å². The molecule has 0 aliphatic heterocycles. The van der Waals surface area contributed by atoms with Crippen molar-refractivity contribution in [3.63, 3.8) is 0 Å². The van der Waals surface area contributed by atoms with Gasteiger partial charge in [-0.2, -0.15) is 14.7 Å². The average molecular weight is 425 g/mol. The molecule has 0 fully saturated rings. The van der Waals surface area contributed by atoms with Crippen molar-refractivity contribution in [1.29, 1.82) is 0 Å². The van der Waals surface area contributed by atoms with Crippen LogP contribution in [0.3, 0.4) is 0 Å². The van der Waals surface area contributed by atoms with Gasteiger partial charge in [-0.05, 0) is 80.7 Å². The van der Waals surface area contributed by atoms with Crippen LogP contribution in [0.15, 0.2) is 0 Å². The van der Waals surface area contributed by atoms with E-state index in [0.717, 1.165) is 12.8 Å². The summed E-state index contributed by atoms with van der Waals surface area (Å²) in [6.07, 6.45) is 2.75. The molecule has 0 saturated heterocycles. The Hall–Kier alpha value is -0.770. The number of hydrogen-bond acceptors (Lipinski definition) is 8. The van der Waals surface area contributed by atoms with Crippen LogP contribution in [0.2, 0.25) is 0 Å². The second-order valence-corrected chi connectivity index (χ2v) is 9.87. The first-order valence-corrected chi connectivity index (χ1v) is 10.2. The molecular weight excluding hydrogens is 380 g/mol. The van der Waals surface area contributed by atoms with Crippen LogP contribution >= 0.6 is 0 Å². The Morgan fingerprint density at radius 1 is 0.655 bits per heavy atom. The summed E-state index contributed by atoms with van der Waals surface area (Å²) in [4.78, 5) is 41.0. The summed E-state index contributed by atoms with van der Waals surface area (Å²) in [5.41, 5.74) is -1.21. The molecule has 0 aliphatic carbocycles. The zero-order valence-electron chi connectivity index (χ0n) is 20.6. The van der Waals surface area contributed by atoms with Crippen LogP contribution in [0.1, 0.15) is 109 Å². The maximum Gasteiger partial charge on any atom is 0.345 e. The molecule has 0 aromatic carbocycles. The Bertz CT molecular complexity index is 411. The molecule has 0 rings (SSSR count). The quantitative estimate of drug-likeness (QED) is 0.240. The highest BCUT2D eigenvalue weighted by molar-refractivity contribution is 5.68. The van der Waals surface area contributed by atoms with Gasteiger partial charge in [0.05, 0.1) is 16.8 Å². The first kappa shape index (κ1) is 30.4. The van der Waals surface area contributed by atoms with Gasteiger partial charge in [-0.25, -0.2) is 14.6 Å². The lowest BCUT2D eigenvalue weighted by Gasteiger charge is -2.31. The summed E-state index contributed by atoms with van der Waals surface area (Å²) in [5.74, 6) is -1.29. The predicted octanol–water partition coefficient (Wildman–Crippen LogP) is 5.99. The highest BCUT2D eigenvalue weighted by Gasteiger charge is 2.31. The van der Waals surface area contributed by atoms with E-state index in [1.165, 1.54) is 0 Å². The van der Waals surface area contributed by atoms with E-state index in [-0.39, 0.29) is 11.2 Å². The van der Waals surface area contributed by atoms with Gasteiger partial charge in [0.2, 0.25) is 5.79 Å². The fourth-order valence-electron chi connectivity index (χ4n) is 1.08. The van der Waals surface area contributed by atoms with E-state index >= 15 is 0 Å². The number of carbonyl (C=O) groups excluding carboxylic acids is 1. The van der Waals surface area contributed by atoms with Crippen LogP contribution in [0, 0.1) is 0 Å². The molecule has 0 aromatic rings. The van der Waals surface area contributed by atoms with Crippen molar-refractivity contribution in [2.45, 2.75) is 131 Å². The maximum atomic E-state index is 10.9. The Labute approximate surface area is 177 Å². The molecule has 0 radical (unpaired) electrons. The standard InChI is InChI=1S/C12H26O4.C9H18O4/c1-9-12(8,15-13-10(2,3)4)16-14-11(5,6)7;1-5-6-7-8(10)11-13-12-9(2,3)4/h9H2,1-8H3;5-7H2,1-4H3. The van der Waals surface area contributed by atoms with E-state index in [1.54, 1.807) is 27.7 Å². The van der Waals surface area contributed by atoms with Gasteiger partial charge in [-0.15, -0.1) is 0 Å². The van der Waals surface area contributed by atoms with Gasteiger partial charge in [-0.1, -0.05) is 20.3 Å². The third kappa shape index (κ3) is 23.4. The summed E-state index contributed by atoms with van der Waals surface area (Å²) in [6.45, 7) is 22.6. The van der Waals surface area contributed by atoms with Crippen molar-refractivity contribution in [3.8, 4) is 0 Å². The fraction of sp³-hybridized carbons (Fsp3) is 0.952. The zero-order valence-corrected chi connectivity index (χ0v) is 20.6. The van der Waals surface area contributed by atoms with Crippen molar-refractivity contribution in [3.05, 3.63) is 0 Å². The van der Waals surface area contributed by atoms with Gasteiger partial charge in [0.15, 0.2) is 0 Å². The predicted molar refractivity (Wildman–Crippen MR) is 110 cm³/mol. The number of carbonyl (C=O) groups is 1. The Kier molecular flexibility index (Phi) is 14.2. The SMILES string of the molecule is CCC(C)(OOC(C)(C)C)OOC(C)(C)C.CCCCC(=O)OOOC(C)(C)C. The highest BCUT2D eigenvalue weighted by atomic mass is 17.5. The van der Waals surface area contributed by atoms with Crippen molar-refractivity contribution in [2.24, 2.45) is 0 Å². The molecule has 176 valence electrons. The average Bonchev–Trinajstić information content (AvgIpc) is 2.54. The summed E-state index contributed by atoms with van der Waals surface area (Å²) in [7, 11) is 0. The van der Waals surface area contributed by atoms with E-state index < -0.39 is 17.4 Å². The first-order valence-electron chi connectivity index (χ1n) is 10.2. The maximum absolute atomic E-state index is 10.9. The molecule has 0 unspecified atom stereocenters. The highest BCUT2D eigenvalue weighted by Crippen LogP contribution is 2.24. The monoisotopic (exact) mass is 424 g/mol. The van der Waals surface area contributed by atoms with E-state index in [2.05, 4.69) is 9.93 Å². The second kappa shape index (κ2) is 13.5.